The lowest BCUT2D eigenvalue weighted by molar-refractivity contribution is 0.0965. The summed E-state index contributed by atoms with van der Waals surface area (Å²) in [6, 6.07) is 0. The Labute approximate surface area is 119 Å². The number of ether oxygens (including phenoxy) is 1. The summed E-state index contributed by atoms with van der Waals surface area (Å²) in [5, 5.41) is 7.57. The molecule has 1 aliphatic heterocycles. The minimum absolute atomic E-state index is 0.170. The van der Waals surface area contributed by atoms with Crippen molar-refractivity contribution in [3.63, 3.8) is 0 Å². The molecule has 2 aromatic heterocycles. The molecule has 1 N–H and O–H groups in total. The standard InChI is InChI=1S/C12H13N5O2S/c1-3-19-7-4-14-17(6-7)10-9-8(5-13-11(9)18)15-12(16-10)20-2/h4,6H,3,5H2,1-2H3,(H,13,18). The van der Waals surface area contributed by atoms with Crippen LogP contribution in [-0.4, -0.2) is 38.5 Å². The van der Waals surface area contributed by atoms with Crippen LogP contribution in [0.5, 0.6) is 5.75 Å². The van der Waals surface area contributed by atoms with Crippen LogP contribution in [0.15, 0.2) is 17.6 Å². The van der Waals surface area contributed by atoms with Gasteiger partial charge in [0.25, 0.3) is 5.91 Å². The average Bonchev–Trinajstić information content (AvgIpc) is 3.06. The van der Waals surface area contributed by atoms with E-state index in [0.717, 1.165) is 0 Å². The highest BCUT2D eigenvalue weighted by atomic mass is 32.2. The number of carbonyl (C=O) groups excluding carboxylic acids is 1. The summed E-state index contributed by atoms with van der Waals surface area (Å²) in [6.07, 6.45) is 5.20. The maximum atomic E-state index is 11.9. The molecule has 0 atom stereocenters. The Kier molecular flexibility index (Phi) is 3.31. The van der Waals surface area contributed by atoms with Gasteiger partial charge in [-0.15, -0.1) is 0 Å². The molecule has 2 aromatic rings. The van der Waals surface area contributed by atoms with Crippen LogP contribution in [0.4, 0.5) is 0 Å². The summed E-state index contributed by atoms with van der Waals surface area (Å²) in [6.45, 7) is 2.89. The third-order valence-corrected chi connectivity index (χ3v) is 3.40. The molecule has 0 saturated carbocycles. The third kappa shape index (κ3) is 2.11. The van der Waals surface area contributed by atoms with Gasteiger partial charge in [-0.05, 0) is 13.2 Å². The van der Waals surface area contributed by atoms with Gasteiger partial charge in [0.1, 0.15) is 5.56 Å². The van der Waals surface area contributed by atoms with Gasteiger partial charge in [-0.25, -0.2) is 14.6 Å². The van der Waals surface area contributed by atoms with Crippen molar-refractivity contribution in [3.8, 4) is 11.6 Å². The minimum atomic E-state index is -0.170. The van der Waals surface area contributed by atoms with Gasteiger partial charge >= 0.3 is 0 Å². The number of carbonyl (C=O) groups is 1. The lowest BCUT2D eigenvalue weighted by atomic mass is 10.2. The van der Waals surface area contributed by atoms with E-state index in [-0.39, 0.29) is 5.91 Å². The van der Waals surface area contributed by atoms with Crippen molar-refractivity contribution in [2.24, 2.45) is 0 Å². The first-order valence-electron chi connectivity index (χ1n) is 6.14. The molecule has 3 heterocycles. The lowest BCUT2D eigenvalue weighted by Gasteiger charge is -2.06. The van der Waals surface area contributed by atoms with E-state index in [9.17, 15) is 4.79 Å². The first-order valence-corrected chi connectivity index (χ1v) is 7.36. The molecular weight excluding hydrogens is 278 g/mol. The summed E-state index contributed by atoms with van der Waals surface area (Å²) >= 11 is 1.43. The molecule has 0 radical (unpaired) electrons. The first-order chi connectivity index (χ1) is 9.72. The minimum Gasteiger partial charge on any atom is -0.491 e. The van der Waals surface area contributed by atoms with E-state index in [4.69, 9.17) is 4.74 Å². The Morgan fingerprint density at radius 1 is 1.50 bits per heavy atom. The Morgan fingerprint density at radius 3 is 3.10 bits per heavy atom. The Balaban J connectivity index is 2.11. The summed E-state index contributed by atoms with van der Waals surface area (Å²) in [7, 11) is 0. The van der Waals surface area contributed by atoms with Gasteiger partial charge in [0, 0.05) is 0 Å². The van der Waals surface area contributed by atoms with Crippen molar-refractivity contribution in [2.45, 2.75) is 18.6 Å². The molecule has 0 bridgehead atoms. The molecule has 104 valence electrons. The monoisotopic (exact) mass is 291 g/mol. The number of hydrogen-bond donors (Lipinski definition) is 1. The fraction of sp³-hybridized carbons (Fsp3) is 0.333. The zero-order chi connectivity index (χ0) is 14.1. The molecule has 20 heavy (non-hydrogen) atoms. The van der Waals surface area contributed by atoms with E-state index in [1.54, 1.807) is 17.1 Å². The quantitative estimate of drug-likeness (QED) is 0.669. The summed E-state index contributed by atoms with van der Waals surface area (Å²) in [5.41, 5.74) is 1.19. The Bertz CT molecular complexity index is 670. The van der Waals surface area contributed by atoms with Gasteiger partial charge < -0.3 is 10.1 Å². The second-order valence-corrected chi connectivity index (χ2v) is 4.87. The number of thioether (sulfide) groups is 1. The van der Waals surface area contributed by atoms with Crippen molar-refractivity contribution in [3.05, 3.63) is 23.7 Å². The van der Waals surface area contributed by atoms with E-state index < -0.39 is 0 Å². The average molecular weight is 291 g/mol. The zero-order valence-corrected chi connectivity index (χ0v) is 11.9. The van der Waals surface area contributed by atoms with Crippen molar-refractivity contribution in [1.82, 2.24) is 25.1 Å². The van der Waals surface area contributed by atoms with Gasteiger partial charge in [0.15, 0.2) is 16.7 Å². The van der Waals surface area contributed by atoms with E-state index in [2.05, 4.69) is 20.4 Å². The number of fused-ring (bicyclic) bond motifs is 1. The van der Waals surface area contributed by atoms with Gasteiger partial charge in [-0.1, -0.05) is 11.8 Å². The molecule has 8 heteroatoms. The van der Waals surface area contributed by atoms with Crippen LogP contribution in [0, 0.1) is 0 Å². The van der Waals surface area contributed by atoms with Crippen LogP contribution in [0.2, 0.25) is 0 Å². The molecule has 1 aliphatic rings. The van der Waals surface area contributed by atoms with Gasteiger partial charge in [0.2, 0.25) is 0 Å². The molecule has 0 saturated heterocycles. The maximum Gasteiger partial charge on any atom is 0.257 e. The maximum absolute atomic E-state index is 11.9. The van der Waals surface area contributed by atoms with Crippen molar-refractivity contribution < 1.29 is 9.53 Å². The second-order valence-electron chi connectivity index (χ2n) is 4.09. The molecule has 0 aliphatic carbocycles. The van der Waals surface area contributed by atoms with Gasteiger partial charge in [0.05, 0.1) is 31.2 Å². The van der Waals surface area contributed by atoms with Crippen molar-refractivity contribution >= 4 is 17.7 Å². The molecule has 0 fully saturated rings. The Morgan fingerprint density at radius 2 is 2.35 bits per heavy atom. The molecule has 0 spiro atoms. The predicted octanol–water partition coefficient (Wildman–Crippen LogP) is 1.03. The summed E-state index contributed by atoms with van der Waals surface area (Å²) in [4.78, 5) is 20.7. The number of nitrogens with zero attached hydrogens (tertiary/aromatic N) is 4. The largest absolute Gasteiger partial charge is 0.491 e. The molecular formula is C12H13N5O2S. The normalized spacial score (nSPS) is 13.2. The first kappa shape index (κ1) is 12.9. The number of nitrogens with one attached hydrogen (secondary N) is 1. The van der Waals surface area contributed by atoms with Crippen molar-refractivity contribution in [1.29, 1.82) is 0 Å². The lowest BCUT2D eigenvalue weighted by Crippen LogP contribution is -2.15. The highest BCUT2D eigenvalue weighted by Crippen LogP contribution is 2.24. The van der Waals surface area contributed by atoms with Crippen LogP contribution in [0.25, 0.3) is 5.82 Å². The topological polar surface area (TPSA) is 81.9 Å². The molecule has 3 rings (SSSR count). The van der Waals surface area contributed by atoms with E-state index in [1.807, 2.05) is 13.2 Å². The third-order valence-electron chi connectivity index (χ3n) is 2.86. The van der Waals surface area contributed by atoms with Crippen LogP contribution < -0.4 is 10.1 Å². The fourth-order valence-corrected chi connectivity index (χ4v) is 2.38. The van der Waals surface area contributed by atoms with Crippen LogP contribution in [0.3, 0.4) is 0 Å². The van der Waals surface area contributed by atoms with E-state index >= 15 is 0 Å². The molecule has 0 unspecified atom stereocenters. The number of aromatic nitrogens is 4. The predicted molar refractivity (Wildman–Crippen MR) is 73.3 cm³/mol. The van der Waals surface area contributed by atoms with E-state index in [0.29, 0.717) is 41.1 Å². The Hall–Kier alpha value is -2.09. The summed E-state index contributed by atoms with van der Waals surface area (Å²) < 4.78 is 6.93. The zero-order valence-electron chi connectivity index (χ0n) is 11.1. The molecule has 0 aromatic carbocycles. The molecule has 7 nitrogen and oxygen atoms in total. The highest BCUT2D eigenvalue weighted by Gasteiger charge is 2.27. The SMILES string of the molecule is CCOc1cnn(-c2nc(SC)nc3c2C(=O)NC3)c1. The fourth-order valence-electron chi connectivity index (χ4n) is 2.01. The number of amides is 1. The number of hydrogen-bond acceptors (Lipinski definition) is 6. The number of rotatable bonds is 4. The van der Waals surface area contributed by atoms with Gasteiger partial charge in [-0.3, -0.25) is 4.79 Å². The molecule has 1 amide bonds. The van der Waals surface area contributed by atoms with Crippen LogP contribution in [0.1, 0.15) is 23.0 Å². The smallest absolute Gasteiger partial charge is 0.257 e. The second kappa shape index (κ2) is 5.12. The van der Waals surface area contributed by atoms with Crippen molar-refractivity contribution in [2.75, 3.05) is 12.9 Å². The van der Waals surface area contributed by atoms with E-state index in [1.165, 1.54) is 11.8 Å². The highest BCUT2D eigenvalue weighted by molar-refractivity contribution is 7.98. The van der Waals surface area contributed by atoms with Crippen LogP contribution in [-0.2, 0) is 6.54 Å². The van der Waals surface area contributed by atoms with Crippen LogP contribution >= 0.6 is 11.8 Å². The van der Waals surface area contributed by atoms with Gasteiger partial charge in [-0.2, -0.15) is 5.10 Å². The summed E-state index contributed by atoms with van der Waals surface area (Å²) in [5.74, 6) is 0.959.